The van der Waals surface area contributed by atoms with Crippen LogP contribution in [0.2, 0.25) is 0 Å². The molecule has 0 saturated carbocycles. The molecule has 0 unspecified atom stereocenters. The first-order valence-corrected chi connectivity index (χ1v) is 22.9. The number of hydrogen-bond acceptors (Lipinski definition) is 4. The van der Waals surface area contributed by atoms with Crippen LogP contribution in [0.15, 0.2) is 194 Å². The normalized spacial score (nSPS) is 12.6. The molecule has 0 bridgehead atoms. The van der Waals surface area contributed by atoms with Gasteiger partial charge >= 0.3 is 11.9 Å². The van der Waals surface area contributed by atoms with Gasteiger partial charge in [0.15, 0.2) is 0 Å². The van der Waals surface area contributed by atoms with Crippen molar-refractivity contribution in [3.63, 3.8) is 0 Å². The molecule has 0 amide bonds. The molecule has 0 radical (unpaired) electrons. The third kappa shape index (κ3) is 7.22. The molecular weight excluding hydrogens is 829 g/mol. The first-order valence-electron chi connectivity index (χ1n) is 22.9. The van der Waals surface area contributed by atoms with Crippen molar-refractivity contribution in [3.05, 3.63) is 216 Å². The predicted molar refractivity (Wildman–Crippen MR) is 269 cm³/mol. The molecule has 0 heterocycles. The average molecular weight is 875 g/mol. The van der Waals surface area contributed by atoms with Crippen LogP contribution in [0.25, 0.3) is 76.5 Å². The van der Waals surface area contributed by atoms with E-state index in [0.29, 0.717) is 12.8 Å². The summed E-state index contributed by atoms with van der Waals surface area (Å²) in [6.45, 7) is 0.569. The Morgan fingerprint density at radius 1 is 0.388 bits per heavy atom. The number of rotatable bonds is 14. The van der Waals surface area contributed by atoms with Crippen molar-refractivity contribution in [2.24, 2.45) is 0 Å². The van der Waals surface area contributed by atoms with Gasteiger partial charge in [-0.15, -0.1) is 0 Å². The molecule has 0 atom stereocenters. The van der Waals surface area contributed by atoms with Crippen LogP contribution < -0.4 is 9.47 Å². The fourth-order valence-electron chi connectivity index (χ4n) is 10.6. The summed E-state index contributed by atoms with van der Waals surface area (Å²) < 4.78 is 12.9. The highest BCUT2D eigenvalue weighted by molar-refractivity contribution is 6.10. The quantitative estimate of drug-likeness (QED) is 0.106. The van der Waals surface area contributed by atoms with Crippen LogP contribution in [0.4, 0.5) is 0 Å². The Morgan fingerprint density at radius 2 is 0.791 bits per heavy atom. The SMILES string of the molecule is O=C(O)CCCOc1ccc2cc(C3(c4ccc5c(-c6cccc7ccccc67)c(OCCCC(=O)O)ccc5c4)c4ccccc4-c4ccccc43)ccc2c1-c1cccc2ccccc12. The van der Waals surface area contributed by atoms with Crippen molar-refractivity contribution in [1.29, 1.82) is 0 Å². The van der Waals surface area contributed by atoms with Gasteiger partial charge in [0, 0.05) is 24.0 Å². The van der Waals surface area contributed by atoms with Crippen molar-refractivity contribution in [1.82, 2.24) is 0 Å². The Kier molecular flexibility index (Phi) is 10.7. The molecule has 1 aliphatic carbocycles. The van der Waals surface area contributed by atoms with Crippen LogP contribution in [-0.4, -0.2) is 35.4 Å². The zero-order valence-corrected chi connectivity index (χ0v) is 36.7. The highest BCUT2D eigenvalue weighted by Crippen LogP contribution is 2.57. The zero-order valence-electron chi connectivity index (χ0n) is 36.7. The number of carbonyl (C=O) groups is 2. The summed E-state index contributed by atoms with van der Waals surface area (Å²) in [5.41, 5.74) is 10.4. The summed E-state index contributed by atoms with van der Waals surface area (Å²) in [7, 11) is 0. The van der Waals surface area contributed by atoms with Gasteiger partial charge < -0.3 is 19.7 Å². The van der Waals surface area contributed by atoms with E-state index in [0.717, 1.165) is 88.0 Å². The molecule has 1 aliphatic rings. The monoisotopic (exact) mass is 874 g/mol. The predicted octanol–water partition coefficient (Wildman–Crippen LogP) is 14.5. The molecule has 10 aromatic rings. The Bertz CT molecular complexity index is 3320. The van der Waals surface area contributed by atoms with Gasteiger partial charge in [-0.05, 0) is 125 Å². The molecule has 326 valence electrons. The lowest BCUT2D eigenvalue weighted by Gasteiger charge is -2.34. The van der Waals surface area contributed by atoms with E-state index in [4.69, 9.17) is 9.47 Å². The molecule has 11 rings (SSSR count). The Morgan fingerprint density at radius 3 is 1.25 bits per heavy atom. The molecule has 0 aliphatic heterocycles. The number of ether oxygens (including phenoxy) is 2. The van der Waals surface area contributed by atoms with Gasteiger partial charge in [0.1, 0.15) is 11.5 Å². The van der Waals surface area contributed by atoms with Gasteiger partial charge in [0.05, 0.1) is 18.6 Å². The zero-order chi connectivity index (χ0) is 45.5. The molecule has 67 heavy (non-hydrogen) atoms. The summed E-state index contributed by atoms with van der Waals surface area (Å²) in [5, 5.41) is 27.4. The van der Waals surface area contributed by atoms with Crippen molar-refractivity contribution in [2.45, 2.75) is 31.1 Å². The van der Waals surface area contributed by atoms with E-state index in [1.807, 2.05) is 12.1 Å². The van der Waals surface area contributed by atoms with E-state index < -0.39 is 17.4 Å². The minimum Gasteiger partial charge on any atom is -0.493 e. The van der Waals surface area contributed by atoms with E-state index in [2.05, 4.69) is 182 Å². The highest BCUT2D eigenvalue weighted by Gasteiger charge is 2.46. The second kappa shape index (κ2) is 17.3. The molecule has 0 spiro atoms. The van der Waals surface area contributed by atoms with Crippen molar-refractivity contribution in [3.8, 4) is 44.9 Å². The van der Waals surface area contributed by atoms with Crippen molar-refractivity contribution < 1.29 is 29.3 Å². The van der Waals surface area contributed by atoms with Crippen LogP contribution in [0.5, 0.6) is 11.5 Å². The number of carboxylic acid groups (broad SMARTS) is 2. The van der Waals surface area contributed by atoms with Crippen molar-refractivity contribution in [2.75, 3.05) is 13.2 Å². The number of fused-ring (bicyclic) bond motifs is 7. The molecule has 0 aromatic heterocycles. The lowest BCUT2D eigenvalue weighted by molar-refractivity contribution is -0.138. The summed E-state index contributed by atoms with van der Waals surface area (Å²) >= 11 is 0. The minimum atomic E-state index is -0.840. The molecule has 0 fully saturated rings. The van der Waals surface area contributed by atoms with E-state index >= 15 is 0 Å². The smallest absolute Gasteiger partial charge is 0.303 e. The second-order valence-electron chi connectivity index (χ2n) is 17.3. The summed E-state index contributed by atoms with van der Waals surface area (Å²) in [5.74, 6) is -0.244. The fraction of sp³-hybridized carbons (Fsp3) is 0.115. The largest absolute Gasteiger partial charge is 0.493 e. The fourth-order valence-corrected chi connectivity index (χ4v) is 10.6. The van der Waals surface area contributed by atoms with Gasteiger partial charge in [0.2, 0.25) is 0 Å². The molecule has 6 nitrogen and oxygen atoms in total. The standard InChI is InChI=1S/C61H46O6/c62-57(63)25-11-35-66-55-33-27-41-37-43(29-31-47(41)59(55)51-21-9-15-39-13-1-3-17-45(39)51)61(53-23-7-5-19-49(53)50-20-6-8-24-54(50)61)44-30-32-48-42(38-44)28-34-56(67-36-12-26-58(64)65)60(48)52-22-10-16-40-14-2-4-18-46(40)52/h1-10,13-24,27-34,37-38H,11-12,25-26,35-36H2,(H,62,63)(H,64,65). The molecule has 2 N–H and O–H groups in total. The van der Waals surface area contributed by atoms with Crippen LogP contribution in [0.1, 0.15) is 47.9 Å². The van der Waals surface area contributed by atoms with E-state index in [1.165, 1.54) is 22.3 Å². The van der Waals surface area contributed by atoms with Crippen LogP contribution in [0, 0.1) is 0 Å². The lowest BCUT2D eigenvalue weighted by Crippen LogP contribution is -2.28. The second-order valence-corrected chi connectivity index (χ2v) is 17.3. The van der Waals surface area contributed by atoms with Gasteiger partial charge in [-0.1, -0.05) is 170 Å². The molecule has 10 aromatic carbocycles. The maximum atomic E-state index is 11.4. The topological polar surface area (TPSA) is 93.1 Å². The number of benzene rings is 10. The third-order valence-electron chi connectivity index (χ3n) is 13.5. The minimum absolute atomic E-state index is 0.0361. The Balaban J connectivity index is 1.13. The first kappa shape index (κ1) is 41.5. The van der Waals surface area contributed by atoms with E-state index in [9.17, 15) is 19.8 Å². The number of hydrogen-bond donors (Lipinski definition) is 2. The van der Waals surface area contributed by atoms with E-state index in [-0.39, 0.29) is 26.1 Å². The van der Waals surface area contributed by atoms with Gasteiger partial charge in [0.25, 0.3) is 0 Å². The number of carboxylic acids is 2. The number of aliphatic carboxylic acids is 2. The average Bonchev–Trinajstić information content (AvgIpc) is 3.66. The third-order valence-corrected chi connectivity index (χ3v) is 13.5. The molecule has 0 saturated heterocycles. The summed E-state index contributed by atoms with van der Waals surface area (Å²) in [6, 6.07) is 69.1. The highest BCUT2D eigenvalue weighted by atomic mass is 16.5. The Hall–Kier alpha value is -8.22. The van der Waals surface area contributed by atoms with Crippen LogP contribution in [0.3, 0.4) is 0 Å². The Labute approximate surface area is 388 Å². The maximum absolute atomic E-state index is 11.4. The maximum Gasteiger partial charge on any atom is 0.303 e. The first-order chi connectivity index (χ1) is 32.9. The van der Waals surface area contributed by atoms with Crippen LogP contribution in [-0.2, 0) is 15.0 Å². The molecular formula is C61H46O6. The van der Waals surface area contributed by atoms with Gasteiger partial charge in [-0.3, -0.25) is 9.59 Å². The van der Waals surface area contributed by atoms with Gasteiger partial charge in [-0.2, -0.15) is 0 Å². The summed E-state index contributed by atoms with van der Waals surface area (Å²) in [6.07, 6.45) is 0.876. The van der Waals surface area contributed by atoms with Crippen LogP contribution >= 0.6 is 0 Å². The summed E-state index contributed by atoms with van der Waals surface area (Å²) in [4.78, 5) is 22.8. The lowest BCUT2D eigenvalue weighted by atomic mass is 9.67. The van der Waals surface area contributed by atoms with Crippen molar-refractivity contribution >= 4 is 55.0 Å². The molecule has 6 heteroatoms. The van der Waals surface area contributed by atoms with E-state index in [1.54, 1.807) is 0 Å². The van der Waals surface area contributed by atoms with Gasteiger partial charge in [-0.25, -0.2) is 0 Å².